The van der Waals surface area contributed by atoms with Crippen LogP contribution < -0.4 is 10.2 Å². The minimum absolute atomic E-state index is 0.0557. The molecule has 0 radical (unpaired) electrons. The third-order valence-corrected chi connectivity index (χ3v) is 4.87. The molecule has 6 nitrogen and oxygen atoms in total. The van der Waals surface area contributed by atoms with Gasteiger partial charge in [-0.1, -0.05) is 24.3 Å². The van der Waals surface area contributed by atoms with Crippen LogP contribution in [0.25, 0.3) is 0 Å². The van der Waals surface area contributed by atoms with E-state index in [1.807, 2.05) is 24.3 Å². The number of fused-ring (bicyclic) bond motifs is 3. The highest BCUT2D eigenvalue weighted by molar-refractivity contribution is 6.06. The van der Waals surface area contributed by atoms with Crippen molar-refractivity contribution < 1.29 is 9.66 Å². The Kier molecular flexibility index (Phi) is 3.45. The largest absolute Gasteiger partial charge is 0.496 e. The van der Waals surface area contributed by atoms with Crippen LogP contribution in [0.5, 0.6) is 5.75 Å². The Morgan fingerprint density at radius 1 is 1.25 bits per heavy atom. The number of hydrazone groups is 1. The molecule has 0 bridgehead atoms. The van der Waals surface area contributed by atoms with E-state index in [1.54, 1.807) is 19.2 Å². The molecule has 24 heavy (non-hydrogen) atoms. The second kappa shape index (κ2) is 5.63. The first-order valence-corrected chi connectivity index (χ1v) is 7.92. The van der Waals surface area contributed by atoms with Gasteiger partial charge in [0.2, 0.25) is 0 Å². The standard InChI is InChI=1S/C18H17N3O3/c1-24-16-4-2-3-14-13(16)9-10-15-17(19-20-18(14)15)11-5-7-12(8-6-11)21(22)23/h2-8,15,17,19H,9-10H2,1H3/t15-,17-/m0/s1. The number of ether oxygens (including phenoxy) is 1. The molecule has 1 aliphatic carbocycles. The lowest BCUT2D eigenvalue weighted by molar-refractivity contribution is -0.384. The summed E-state index contributed by atoms with van der Waals surface area (Å²) in [7, 11) is 1.69. The number of methoxy groups -OCH3 is 1. The van der Waals surface area contributed by atoms with Gasteiger partial charge < -0.3 is 10.2 Å². The number of nitro groups is 1. The molecule has 1 heterocycles. The summed E-state index contributed by atoms with van der Waals surface area (Å²) in [6.45, 7) is 0. The van der Waals surface area contributed by atoms with E-state index in [0.717, 1.165) is 35.4 Å². The van der Waals surface area contributed by atoms with Gasteiger partial charge in [-0.2, -0.15) is 5.10 Å². The fraction of sp³-hybridized carbons (Fsp3) is 0.278. The van der Waals surface area contributed by atoms with Gasteiger partial charge in [-0.25, -0.2) is 0 Å². The van der Waals surface area contributed by atoms with Crippen LogP contribution in [-0.2, 0) is 6.42 Å². The van der Waals surface area contributed by atoms with Crippen LogP contribution in [0.2, 0.25) is 0 Å². The van der Waals surface area contributed by atoms with Gasteiger partial charge in [0.05, 0.1) is 23.8 Å². The molecular formula is C18H17N3O3. The maximum Gasteiger partial charge on any atom is 0.269 e. The zero-order valence-electron chi connectivity index (χ0n) is 13.2. The normalized spacial score (nSPS) is 21.3. The second-order valence-corrected chi connectivity index (χ2v) is 6.08. The van der Waals surface area contributed by atoms with Crippen LogP contribution >= 0.6 is 0 Å². The molecule has 0 unspecified atom stereocenters. The molecule has 0 aromatic heterocycles. The first-order valence-electron chi connectivity index (χ1n) is 7.92. The van der Waals surface area contributed by atoms with E-state index in [4.69, 9.17) is 4.74 Å². The molecule has 0 saturated carbocycles. The van der Waals surface area contributed by atoms with Gasteiger partial charge in [-0.05, 0) is 24.5 Å². The van der Waals surface area contributed by atoms with Gasteiger partial charge in [0, 0.05) is 29.2 Å². The van der Waals surface area contributed by atoms with Gasteiger partial charge in [0.1, 0.15) is 5.75 Å². The molecule has 2 aromatic rings. The molecule has 0 spiro atoms. The van der Waals surface area contributed by atoms with E-state index in [-0.39, 0.29) is 22.6 Å². The number of nitrogens with one attached hydrogen (secondary N) is 1. The molecule has 0 saturated heterocycles. The lowest BCUT2D eigenvalue weighted by Crippen LogP contribution is -2.27. The highest BCUT2D eigenvalue weighted by Gasteiger charge is 2.37. The number of hydrogen-bond donors (Lipinski definition) is 1. The number of non-ortho nitro benzene ring substituents is 1. The summed E-state index contributed by atoms with van der Waals surface area (Å²) in [4.78, 5) is 10.4. The van der Waals surface area contributed by atoms with Crippen LogP contribution in [-0.4, -0.2) is 17.7 Å². The molecular weight excluding hydrogens is 306 g/mol. The van der Waals surface area contributed by atoms with E-state index in [2.05, 4.69) is 16.6 Å². The van der Waals surface area contributed by atoms with Gasteiger partial charge in [-0.15, -0.1) is 0 Å². The maximum absolute atomic E-state index is 10.8. The molecule has 0 fully saturated rings. The van der Waals surface area contributed by atoms with Gasteiger partial charge in [0.15, 0.2) is 0 Å². The zero-order valence-corrected chi connectivity index (χ0v) is 13.2. The summed E-state index contributed by atoms with van der Waals surface area (Å²) in [5.74, 6) is 1.18. The summed E-state index contributed by atoms with van der Waals surface area (Å²) in [6.07, 6.45) is 1.91. The van der Waals surface area contributed by atoms with Crippen molar-refractivity contribution in [3.8, 4) is 5.75 Å². The maximum atomic E-state index is 10.8. The van der Waals surface area contributed by atoms with Crippen LogP contribution in [0, 0.1) is 16.0 Å². The Bertz CT molecular complexity index is 830. The average Bonchev–Trinajstić information content (AvgIpc) is 3.05. The van der Waals surface area contributed by atoms with Gasteiger partial charge >= 0.3 is 0 Å². The van der Waals surface area contributed by atoms with E-state index in [0.29, 0.717) is 0 Å². The van der Waals surface area contributed by atoms with Crippen LogP contribution in [0.1, 0.15) is 29.2 Å². The quantitative estimate of drug-likeness (QED) is 0.695. The Balaban J connectivity index is 1.65. The van der Waals surface area contributed by atoms with Crippen molar-refractivity contribution in [2.24, 2.45) is 11.0 Å². The van der Waals surface area contributed by atoms with E-state index >= 15 is 0 Å². The molecule has 122 valence electrons. The smallest absolute Gasteiger partial charge is 0.269 e. The fourth-order valence-corrected chi connectivity index (χ4v) is 3.70. The van der Waals surface area contributed by atoms with Crippen molar-refractivity contribution in [1.29, 1.82) is 0 Å². The first kappa shape index (κ1) is 14.7. The minimum atomic E-state index is -0.378. The lowest BCUT2D eigenvalue weighted by Gasteiger charge is -2.27. The summed E-state index contributed by atoms with van der Waals surface area (Å²) in [6, 6.07) is 12.8. The monoisotopic (exact) mass is 323 g/mol. The predicted molar refractivity (Wildman–Crippen MR) is 90.3 cm³/mol. The van der Waals surface area contributed by atoms with Crippen molar-refractivity contribution in [2.45, 2.75) is 18.9 Å². The summed E-state index contributed by atoms with van der Waals surface area (Å²) < 4.78 is 5.47. The molecule has 0 amide bonds. The van der Waals surface area contributed by atoms with Crippen molar-refractivity contribution in [3.63, 3.8) is 0 Å². The van der Waals surface area contributed by atoms with Crippen molar-refractivity contribution >= 4 is 11.4 Å². The highest BCUT2D eigenvalue weighted by Crippen LogP contribution is 2.40. The van der Waals surface area contributed by atoms with Crippen LogP contribution in [0.4, 0.5) is 5.69 Å². The van der Waals surface area contributed by atoms with Crippen molar-refractivity contribution in [1.82, 2.24) is 5.43 Å². The van der Waals surface area contributed by atoms with Crippen molar-refractivity contribution in [3.05, 3.63) is 69.3 Å². The molecule has 4 rings (SSSR count). The molecule has 2 aliphatic rings. The molecule has 6 heteroatoms. The summed E-state index contributed by atoms with van der Waals surface area (Å²) in [5.41, 5.74) is 7.76. The molecule has 1 N–H and O–H groups in total. The SMILES string of the molecule is COc1cccc2c1CC[C@@H]1C2=NN[C@H]1c1ccc([N+](=O)[O-])cc1. The lowest BCUT2D eigenvalue weighted by atomic mass is 9.77. The Labute approximate surface area is 139 Å². The van der Waals surface area contributed by atoms with Crippen LogP contribution in [0.3, 0.4) is 0 Å². The Morgan fingerprint density at radius 3 is 2.75 bits per heavy atom. The van der Waals surface area contributed by atoms with Crippen LogP contribution in [0.15, 0.2) is 47.6 Å². The Hall–Kier alpha value is -2.89. The number of nitrogens with zero attached hydrogens (tertiary/aromatic N) is 2. The zero-order chi connectivity index (χ0) is 16.7. The third kappa shape index (κ3) is 2.22. The molecule has 1 aliphatic heterocycles. The number of benzene rings is 2. The summed E-state index contributed by atoms with van der Waals surface area (Å²) >= 11 is 0. The number of nitro benzene ring substituents is 1. The van der Waals surface area contributed by atoms with E-state index < -0.39 is 0 Å². The van der Waals surface area contributed by atoms with Crippen molar-refractivity contribution in [2.75, 3.05) is 7.11 Å². The molecule has 2 atom stereocenters. The number of rotatable bonds is 3. The van der Waals surface area contributed by atoms with Gasteiger partial charge in [0.25, 0.3) is 5.69 Å². The first-order chi connectivity index (χ1) is 11.7. The molecule has 2 aromatic carbocycles. The predicted octanol–water partition coefficient (Wildman–Crippen LogP) is 3.21. The van der Waals surface area contributed by atoms with E-state index in [1.165, 1.54) is 5.56 Å². The topological polar surface area (TPSA) is 76.8 Å². The van der Waals surface area contributed by atoms with Gasteiger partial charge in [-0.3, -0.25) is 10.1 Å². The number of hydrogen-bond acceptors (Lipinski definition) is 5. The highest BCUT2D eigenvalue weighted by atomic mass is 16.6. The fourth-order valence-electron chi connectivity index (χ4n) is 3.70. The summed E-state index contributed by atoms with van der Waals surface area (Å²) in [5, 5.41) is 15.4. The van der Waals surface area contributed by atoms with E-state index in [9.17, 15) is 10.1 Å². The minimum Gasteiger partial charge on any atom is -0.496 e. The second-order valence-electron chi connectivity index (χ2n) is 6.08. The Morgan fingerprint density at radius 2 is 2.04 bits per heavy atom. The average molecular weight is 323 g/mol. The third-order valence-electron chi connectivity index (χ3n) is 4.87.